The number of nitrogens with zero attached hydrogens (tertiary/aromatic N) is 2. The molecular formula is C16H25Cl2N3O3. The van der Waals surface area contributed by atoms with Gasteiger partial charge in [0.15, 0.2) is 0 Å². The predicted molar refractivity (Wildman–Crippen MR) is 99.2 cm³/mol. The lowest BCUT2D eigenvalue weighted by molar-refractivity contribution is -0.121. The fourth-order valence-electron chi connectivity index (χ4n) is 3.20. The minimum atomic E-state index is -0.000652. The van der Waals surface area contributed by atoms with Crippen molar-refractivity contribution >= 4 is 36.4 Å². The number of amides is 1. The Balaban J connectivity index is 0.00000144. The molecule has 136 valence electrons. The normalized spacial score (nSPS) is 21.0. The van der Waals surface area contributed by atoms with E-state index in [9.17, 15) is 4.79 Å². The van der Waals surface area contributed by atoms with Crippen molar-refractivity contribution in [2.45, 2.75) is 12.5 Å². The lowest BCUT2D eigenvalue weighted by atomic mass is 10.2. The van der Waals surface area contributed by atoms with E-state index < -0.39 is 0 Å². The molecule has 0 aromatic heterocycles. The highest BCUT2D eigenvalue weighted by atomic mass is 35.5. The van der Waals surface area contributed by atoms with Crippen molar-refractivity contribution in [1.29, 1.82) is 0 Å². The number of rotatable bonds is 4. The van der Waals surface area contributed by atoms with Gasteiger partial charge in [-0.3, -0.25) is 9.69 Å². The van der Waals surface area contributed by atoms with Crippen LogP contribution in [0.25, 0.3) is 0 Å². The molecule has 0 aliphatic carbocycles. The quantitative estimate of drug-likeness (QED) is 0.862. The van der Waals surface area contributed by atoms with Crippen LogP contribution >= 0.6 is 24.8 Å². The van der Waals surface area contributed by atoms with Gasteiger partial charge in [0.25, 0.3) is 0 Å². The van der Waals surface area contributed by atoms with E-state index in [-0.39, 0.29) is 36.8 Å². The van der Waals surface area contributed by atoms with E-state index in [1.807, 2.05) is 23.1 Å². The van der Waals surface area contributed by atoms with Crippen molar-refractivity contribution in [2.75, 3.05) is 51.8 Å². The van der Waals surface area contributed by atoms with Gasteiger partial charge >= 0.3 is 0 Å². The zero-order valence-corrected chi connectivity index (χ0v) is 15.6. The molecular weight excluding hydrogens is 353 g/mol. The van der Waals surface area contributed by atoms with Crippen LogP contribution < -0.4 is 19.7 Å². The van der Waals surface area contributed by atoms with Crippen molar-refractivity contribution in [3.05, 3.63) is 18.2 Å². The molecule has 2 aliphatic rings. The third kappa shape index (κ3) is 4.25. The molecule has 8 heteroatoms. The Morgan fingerprint density at radius 2 is 1.58 bits per heavy atom. The first-order valence-corrected chi connectivity index (χ1v) is 7.72. The standard InChI is InChI=1S/C16H23N3O3.2ClH/c1-21-13-9-12(10-14(11-13)22-2)19-6-3-15(16(19)20)18-7-4-17-5-8-18;;/h9-11,15,17H,3-8H2,1-2H3;2*1H. The average molecular weight is 378 g/mol. The molecule has 3 rings (SSSR count). The minimum Gasteiger partial charge on any atom is -0.497 e. The molecule has 0 bridgehead atoms. The van der Waals surface area contributed by atoms with E-state index in [2.05, 4.69) is 10.2 Å². The largest absolute Gasteiger partial charge is 0.497 e. The summed E-state index contributed by atoms with van der Waals surface area (Å²) in [5.74, 6) is 1.58. The summed E-state index contributed by atoms with van der Waals surface area (Å²) in [6, 6.07) is 5.60. The fraction of sp³-hybridized carbons (Fsp3) is 0.562. The molecule has 24 heavy (non-hydrogen) atoms. The SMILES string of the molecule is COc1cc(OC)cc(N2CCC(N3CCNCC3)C2=O)c1.Cl.Cl. The van der Waals surface area contributed by atoms with Gasteiger partial charge in [0.1, 0.15) is 11.5 Å². The fourth-order valence-corrected chi connectivity index (χ4v) is 3.20. The molecule has 1 aromatic carbocycles. The molecule has 2 heterocycles. The maximum Gasteiger partial charge on any atom is 0.244 e. The van der Waals surface area contributed by atoms with Crippen LogP contribution in [0.4, 0.5) is 5.69 Å². The summed E-state index contributed by atoms with van der Waals surface area (Å²) in [5, 5.41) is 3.33. The van der Waals surface area contributed by atoms with Gasteiger partial charge in [-0.15, -0.1) is 24.8 Å². The molecule has 1 unspecified atom stereocenters. The minimum absolute atomic E-state index is 0. The Kier molecular flexibility index (Phi) is 8.09. The highest BCUT2D eigenvalue weighted by Gasteiger charge is 2.37. The summed E-state index contributed by atoms with van der Waals surface area (Å²) in [4.78, 5) is 16.9. The van der Waals surface area contributed by atoms with Crippen molar-refractivity contribution in [1.82, 2.24) is 10.2 Å². The molecule has 6 nitrogen and oxygen atoms in total. The number of piperazine rings is 1. The molecule has 2 saturated heterocycles. The van der Waals surface area contributed by atoms with Crippen molar-refractivity contribution in [2.24, 2.45) is 0 Å². The molecule has 1 atom stereocenters. The molecule has 1 amide bonds. The van der Waals surface area contributed by atoms with Crippen LogP contribution in [0.2, 0.25) is 0 Å². The Bertz CT molecular complexity index is 531. The van der Waals surface area contributed by atoms with E-state index in [4.69, 9.17) is 9.47 Å². The van der Waals surface area contributed by atoms with Crippen molar-refractivity contribution in [3.63, 3.8) is 0 Å². The maximum atomic E-state index is 12.8. The molecule has 0 saturated carbocycles. The molecule has 2 fully saturated rings. The Hall–Kier alpha value is -1.21. The monoisotopic (exact) mass is 377 g/mol. The summed E-state index contributed by atoms with van der Waals surface area (Å²) >= 11 is 0. The van der Waals surface area contributed by atoms with Crippen LogP contribution in [0.5, 0.6) is 11.5 Å². The summed E-state index contributed by atoms with van der Waals surface area (Å²) in [5.41, 5.74) is 0.846. The number of anilines is 1. The Labute approximate surface area is 155 Å². The van der Waals surface area contributed by atoms with Crippen LogP contribution in [-0.4, -0.2) is 63.8 Å². The lowest BCUT2D eigenvalue weighted by Crippen LogP contribution is -2.51. The number of methoxy groups -OCH3 is 2. The van der Waals surface area contributed by atoms with E-state index in [1.54, 1.807) is 14.2 Å². The number of nitrogens with one attached hydrogen (secondary N) is 1. The van der Waals surface area contributed by atoms with E-state index in [0.29, 0.717) is 11.5 Å². The van der Waals surface area contributed by atoms with Gasteiger partial charge in [-0.25, -0.2) is 0 Å². The number of carbonyl (C=O) groups excluding carboxylic acids is 1. The highest BCUT2D eigenvalue weighted by Crippen LogP contribution is 2.31. The van der Waals surface area contributed by atoms with E-state index in [0.717, 1.165) is 44.8 Å². The second kappa shape index (κ2) is 9.32. The van der Waals surface area contributed by atoms with Gasteiger partial charge in [-0.2, -0.15) is 0 Å². The van der Waals surface area contributed by atoms with Gasteiger partial charge in [-0.1, -0.05) is 0 Å². The maximum absolute atomic E-state index is 12.8. The number of hydrogen-bond acceptors (Lipinski definition) is 5. The molecule has 0 spiro atoms. The molecule has 2 aliphatic heterocycles. The van der Waals surface area contributed by atoms with E-state index in [1.165, 1.54) is 0 Å². The zero-order chi connectivity index (χ0) is 15.5. The van der Waals surface area contributed by atoms with Gasteiger partial charge in [-0.05, 0) is 6.42 Å². The molecule has 1 N–H and O–H groups in total. The number of hydrogen-bond donors (Lipinski definition) is 1. The van der Waals surface area contributed by atoms with Crippen LogP contribution in [0.15, 0.2) is 18.2 Å². The second-order valence-electron chi connectivity index (χ2n) is 5.65. The van der Waals surface area contributed by atoms with E-state index >= 15 is 0 Å². The third-order valence-corrected chi connectivity index (χ3v) is 4.42. The Morgan fingerprint density at radius 1 is 1.00 bits per heavy atom. The summed E-state index contributed by atoms with van der Waals surface area (Å²) in [6.07, 6.45) is 0.873. The Morgan fingerprint density at radius 3 is 2.12 bits per heavy atom. The number of ether oxygens (including phenoxy) is 2. The van der Waals surface area contributed by atoms with Gasteiger partial charge in [0.2, 0.25) is 5.91 Å². The predicted octanol–water partition coefficient (Wildman–Crippen LogP) is 1.56. The summed E-state index contributed by atoms with van der Waals surface area (Å²) in [7, 11) is 3.24. The summed E-state index contributed by atoms with van der Waals surface area (Å²) < 4.78 is 10.6. The summed E-state index contributed by atoms with van der Waals surface area (Å²) in [6.45, 7) is 4.52. The zero-order valence-electron chi connectivity index (χ0n) is 14.0. The number of halogens is 2. The average Bonchev–Trinajstić information content (AvgIpc) is 2.96. The van der Waals surface area contributed by atoms with Crippen LogP contribution in [0, 0.1) is 0 Å². The second-order valence-corrected chi connectivity index (χ2v) is 5.65. The first-order valence-electron chi connectivity index (χ1n) is 7.72. The van der Waals surface area contributed by atoms with Crippen molar-refractivity contribution in [3.8, 4) is 11.5 Å². The third-order valence-electron chi connectivity index (χ3n) is 4.42. The topological polar surface area (TPSA) is 54.0 Å². The lowest BCUT2D eigenvalue weighted by Gasteiger charge is -2.31. The van der Waals surface area contributed by atoms with Crippen LogP contribution in [-0.2, 0) is 4.79 Å². The van der Waals surface area contributed by atoms with Gasteiger partial charge in [0.05, 0.1) is 25.9 Å². The van der Waals surface area contributed by atoms with Crippen molar-refractivity contribution < 1.29 is 14.3 Å². The van der Waals surface area contributed by atoms with Crippen LogP contribution in [0.3, 0.4) is 0 Å². The number of carbonyl (C=O) groups is 1. The molecule has 0 radical (unpaired) electrons. The highest BCUT2D eigenvalue weighted by molar-refractivity contribution is 5.99. The smallest absolute Gasteiger partial charge is 0.244 e. The first-order chi connectivity index (χ1) is 10.7. The van der Waals surface area contributed by atoms with Crippen LogP contribution in [0.1, 0.15) is 6.42 Å². The first kappa shape index (κ1) is 20.8. The van der Waals surface area contributed by atoms with Gasteiger partial charge < -0.3 is 19.7 Å². The molecule has 1 aromatic rings. The number of benzene rings is 1. The van der Waals surface area contributed by atoms with Gasteiger partial charge in [0, 0.05) is 50.9 Å².